The van der Waals surface area contributed by atoms with Crippen molar-refractivity contribution < 1.29 is 21.1 Å². The van der Waals surface area contributed by atoms with E-state index >= 15 is 0 Å². The molecule has 0 N–H and O–H groups in total. The Balaban J connectivity index is 0. The van der Waals surface area contributed by atoms with Crippen molar-refractivity contribution in [3.8, 4) is 12.3 Å². The Morgan fingerprint density at radius 3 is 1.75 bits per heavy atom. The molecule has 0 aliphatic heterocycles. The van der Waals surface area contributed by atoms with E-state index in [0.29, 0.717) is 0 Å². The summed E-state index contributed by atoms with van der Waals surface area (Å²) in [7, 11) is 0. The van der Waals surface area contributed by atoms with Crippen molar-refractivity contribution in [2.24, 2.45) is 0 Å². The van der Waals surface area contributed by atoms with Crippen LogP contribution in [0.25, 0.3) is 0 Å². The Kier molecular flexibility index (Phi) is 23.4. The molecular formula is C3H4W. The minimum atomic E-state index is 0. The van der Waals surface area contributed by atoms with Crippen molar-refractivity contribution in [3.63, 3.8) is 0 Å². The Hall–Kier alpha value is 0.248. The molecule has 4 heavy (non-hydrogen) atoms. The first kappa shape index (κ1) is 8.87. The van der Waals surface area contributed by atoms with Gasteiger partial charge in [-0.2, -0.15) is 0 Å². The van der Waals surface area contributed by atoms with Crippen LogP contribution >= 0.6 is 0 Å². The van der Waals surface area contributed by atoms with Crippen molar-refractivity contribution in [1.82, 2.24) is 0 Å². The largest absolute Gasteiger partial charge is 0.120 e. The van der Waals surface area contributed by atoms with E-state index in [4.69, 9.17) is 0 Å². The topological polar surface area (TPSA) is 0 Å². The SMILES string of the molecule is C#CC.[W]. The average molecular weight is 224 g/mol. The summed E-state index contributed by atoms with van der Waals surface area (Å²) in [4.78, 5) is 0. The fraction of sp³-hybridized carbons (Fsp3) is 0.333. The van der Waals surface area contributed by atoms with Crippen molar-refractivity contribution in [1.29, 1.82) is 0 Å². The number of rotatable bonds is 0. The molecule has 0 spiro atoms. The van der Waals surface area contributed by atoms with Crippen LogP contribution in [0.4, 0.5) is 0 Å². The van der Waals surface area contributed by atoms with E-state index in [2.05, 4.69) is 12.3 Å². The van der Waals surface area contributed by atoms with Gasteiger partial charge in [-0.3, -0.25) is 0 Å². The second-order valence-corrected chi connectivity index (χ2v) is 0.289. The van der Waals surface area contributed by atoms with Gasteiger partial charge in [0.2, 0.25) is 0 Å². The Labute approximate surface area is 40.9 Å². The molecule has 0 rings (SSSR count). The third-order valence-corrected chi connectivity index (χ3v) is 0. The fourth-order valence-electron chi connectivity index (χ4n) is 0. The van der Waals surface area contributed by atoms with Crippen LogP contribution in [-0.2, 0) is 21.1 Å². The molecule has 1 heteroatoms. The molecule has 0 heterocycles. The number of hydrogen-bond acceptors (Lipinski definition) is 0. The van der Waals surface area contributed by atoms with E-state index in [1.165, 1.54) is 0 Å². The van der Waals surface area contributed by atoms with E-state index < -0.39 is 0 Å². The second kappa shape index (κ2) is 10.5. The molecular weight excluding hydrogens is 220 g/mol. The van der Waals surface area contributed by atoms with Gasteiger partial charge in [0.25, 0.3) is 0 Å². The predicted molar refractivity (Wildman–Crippen MR) is 14.5 cm³/mol. The van der Waals surface area contributed by atoms with Gasteiger partial charge in [0.05, 0.1) is 0 Å². The average Bonchev–Trinajstić information content (AvgIpc) is 0.918. The van der Waals surface area contributed by atoms with Crippen LogP contribution in [0.5, 0.6) is 0 Å². The summed E-state index contributed by atoms with van der Waals surface area (Å²) in [5.41, 5.74) is 0. The molecule has 0 aromatic heterocycles. The first-order valence-electron chi connectivity index (χ1n) is 0.789. The summed E-state index contributed by atoms with van der Waals surface area (Å²) in [6.45, 7) is 1.65. The van der Waals surface area contributed by atoms with E-state index in [0.717, 1.165) is 0 Å². The van der Waals surface area contributed by atoms with Gasteiger partial charge in [0, 0.05) is 21.1 Å². The third-order valence-electron chi connectivity index (χ3n) is 0. The molecule has 0 aromatic rings. The zero-order valence-electron chi connectivity index (χ0n) is 2.49. The molecule has 0 fully saturated rings. The summed E-state index contributed by atoms with van der Waals surface area (Å²) >= 11 is 0. The molecule has 0 bridgehead atoms. The zero-order valence-corrected chi connectivity index (χ0v) is 5.42. The minimum Gasteiger partial charge on any atom is -0.120 e. The van der Waals surface area contributed by atoms with Gasteiger partial charge >= 0.3 is 0 Å². The van der Waals surface area contributed by atoms with Gasteiger partial charge in [-0.15, -0.1) is 12.3 Å². The van der Waals surface area contributed by atoms with E-state index in [-0.39, 0.29) is 21.1 Å². The molecule has 0 nitrogen and oxygen atoms in total. The van der Waals surface area contributed by atoms with Crippen LogP contribution in [0.1, 0.15) is 6.92 Å². The van der Waals surface area contributed by atoms with Crippen molar-refractivity contribution >= 4 is 0 Å². The number of terminal acetylenes is 1. The Bertz CT molecular complexity index is 24.8. The van der Waals surface area contributed by atoms with Crippen LogP contribution in [0.2, 0.25) is 0 Å². The molecule has 0 radical (unpaired) electrons. The fourth-order valence-corrected chi connectivity index (χ4v) is 0. The molecule has 0 saturated carbocycles. The minimum absolute atomic E-state index is 0. The van der Waals surface area contributed by atoms with Gasteiger partial charge in [-0.05, 0) is 6.92 Å². The summed E-state index contributed by atoms with van der Waals surface area (Å²) in [5.74, 6) is 2.25. The first-order valence-corrected chi connectivity index (χ1v) is 0.789. The molecule has 0 aliphatic rings. The van der Waals surface area contributed by atoms with Crippen LogP contribution < -0.4 is 0 Å². The van der Waals surface area contributed by atoms with Crippen LogP contribution in [0, 0.1) is 12.3 Å². The van der Waals surface area contributed by atoms with E-state index in [1.807, 2.05) is 0 Å². The smallest absolute Gasteiger partial charge is 0 e. The van der Waals surface area contributed by atoms with Gasteiger partial charge in [0.1, 0.15) is 0 Å². The van der Waals surface area contributed by atoms with Gasteiger partial charge < -0.3 is 0 Å². The molecule has 0 aliphatic carbocycles. The van der Waals surface area contributed by atoms with Crippen molar-refractivity contribution in [2.45, 2.75) is 6.92 Å². The third kappa shape index (κ3) is 56.8. The maximum Gasteiger partial charge on any atom is 0 e. The Morgan fingerprint density at radius 2 is 1.75 bits per heavy atom. The van der Waals surface area contributed by atoms with Crippen LogP contribution in [-0.4, -0.2) is 0 Å². The predicted octanol–water partition coefficient (Wildman–Crippen LogP) is 0.637. The maximum absolute atomic E-state index is 4.60. The van der Waals surface area contributed by atoms with Crippen LogP contribution in [0.3, 0.4) is 0 Å². The standard InChI is InChI=1S/C3H4.W/c1-3-2;/h1H,2H3;. The van der Waals surface area contributed by atoms with Gasteiger partial charge in [-0.1, -0.05) is 0 Å². The summed E-state index contributed by atoms with van der Waals surface area (Å²) in [6.07, 6.45) is 4.60. The summed E-state index contributed by atoms with van der Waals surface area (Å²) < 4.78 is 0. The second-order valence-electron chi connectivity index (χ2n) is 0.289. The van der Waals surface area contributed by atoms with E-state index in [1.54, 1.807) is 6.92 Å². The summed E-state index contributed by atoms with van der Waals surface area (Å²) in [6, 6.07) is 0. The normalized spacial score (nSPS) is 2.00. The monoisotopic (exact) mass is 224 g/mol. The van der Waals surface area contributed by atoms with Gasteiger partial charge in [-0.25, -0.2) is 0 Å². The molecule has 0 atom stereocenters. The quantitative estimate of drug-likeness (QED) is 0.529. The molecule has 22 valence electrons. The van der Waals surface area contributed by atoms with Gasteiger partial charge in [0.15, 0.2) is 0 Å². The first-order chi connectivity index (χ1) is 1.41. The van der Waals surface area contributed by atoms with Crippen LogP contribution in [0.15, 0.2) is 0 Å². The maximum atomic E-state index is 4.60. The Morgan fingerprint density at radius 1 is 1.75 bits per heavy atom. The molecule has 0 saturated heterocycles. The number of hydrogen-bond donors (Lipinski definition) is 0. The van der Waals surface area contributed by atoms with Crippen molar-refractivity contribution in [2.75, 3.05) is 0 Å². The van der Waals surface area contributed by atoms with Crippen molar-refractivity contribution in [3.05, 3.63) is 0 Å². The van der Waals surface area contributed by atoms with E-state index in [9.17, 15) is 0 Å². The molecule has 0 unspecified atom stereocenters. The zero-order chi connectivity index (χ0) is 2.71. The molecule has 0 amide bonds. The summed E-state index contributed by atoms with van der Waals surface area (Å²) in [5, 5.41) is 0. The molecule has 0 aromatic carbocycles.